The van der Waals surface area contributed by atoms with E-state index in [1.54, 1.807) is 6.07 Å². The van der Waals surface area contributed by atoms with Crippen LogP contribution in [0.1, 0.15) is 37.1 Å². The maximum absolute atomic E-state index is 13.8. The molecule has 35 heavy (non-hydrogen) atoms. The van der Waals surface area contributed by atoms with E-state index >= 15 is 0 Å². The molecule has 4 unspecified atom stereocenters. The zero-order valence-electron chi connectivity index (χ0n) is 19.6. The smallest absolute Gasteiger partial charge is 0.246 e. The molecule has 0 radical (unpaired) electrons. The van der Waals surface area contributed by atoms with Crippen molar-refractivity contribution in [2.24, 2.45) is 5.92 Å². The Kier molecular flexibility index (Phi) is 6.69. The fourth-order valence-electron chi connectivity index (χ4n) is 5.10. The van der Waals surface area contributed by atoms with Crippen LogP contribution in [0.15, 0.2) is 71.2 Å². The predicted octanol–water partition coefficient (Wildman–Crippen LogP) is 4.87. The van der Waals surface area contributed by atoms with Crippen molar-refractivity contribution in [1.82, 2.24) is 10.9 Å². The molecule has 2 heterocycles. The fourth-order valence-corrected chi connectivity index (χ4v) is 5.37. The van der Waals surface area contributed by atoms with E-state index < -0.39 is 6.04 Å². The van der Waals surface area contributed by atoms with E-state index in [4.69, 9.17) is 9.47 Å². The minimum absolute atomic E-state index is 0.00528. The Bertz CT molecular complexity index is 1200. The summed E-state index contributed by atoms with van der Waals surface area (Å²) in [4.78, 5) is 15.6. The number of rotatable bonds is 7. The van der Waals surface area contributed by atoms with Gasteiger partial charge < -0.3 is 19.5 Å². The zero-order chi connectivity index (χ0) is 24.5. The number of hydrogen-bond acceptors (Lipinski definition) is 6. The molecule has 7 nitrogen and oxygen atoms in total. The Labute approximate surface area is 213 Å². The van der Waals surface area contributed by atoms with Crippen molar-refractivity contribution in [2.75, 3.05) is 18.1 Å². The van der Waals surface area contributed by atoms with Crippen molar-refractivity contribution >= 4 is 27.5 Å². The van der Waals surface area contributed by atoms with Crippen LogP contribution in [-0.2, 0) is 4.79 Å². The molecule has 8 heteroatoms. The van der Waals surface area contributed by atoms with Gasteiger partial charge in [-0.15, -0.1) is 0 Å². The van der Waals surface area contributed by atoms with Crippen LogP contribution in [0, 0.1) is 5.92 Å². The van der Waals surface area contributed by atoms with E-state index in [-0.39, 0.29) is 29.7 Å². The van der Waals surface area contributed by atoms with Crippen LogP contribution in [0.25, 0.3) is 0 Å². The number of hydrazine groups is 1. The minimum atomic E-state index is -0.412. The number of benzene rings is 3. The summed E-state index contributed by atoms with van der Waals surface area (Å²) in [6, 6.07) is 20.3. The highest BCUT2D eigenvalue weighted by atomic mass is 79.9. The van der Waals surface area contributed by atoms with Crippen molar-refractivity contribution in [2.45, 2.75) is 32.0 Å². The summed E-state index contributed by atoms with van der Waals surface area (Å²) in [6.07, 6.45) is 0. The van der Waals surface area contributed by atoms with E-state index in [1.165, 1.54) is 0 Å². The second-order valence-corrected chi connectivity index (χ2v) is 9.53. The summed E-state index contributed by atoms with van der Waals surface area (Å²) in [5, 5.41) is 10.3. The molecule has 2 saturated heterocycles. The third-order valence-electron chi connectivity index (χ3n) is 6.59. The van der Waals surface area contributed by atoms with Gasteiger partial charge in [0.25, 0.3) is 0 Å². The van der Waals surface area contributed by atoms with Gasteiger partial charge in [-0.05, 0) is 73.5 Å². The van der Waals surface area contributed by atoms with Gasteiger partial charge in [0, 0.05) is 16.1 Å². The van der Waals surface area contributed by atoms with Gasteiger partial charge in [0.2, 0.25) is 5.91 Å². The lowest BCUT2D eigenvalue weighted by Crippen LogP contribution is -2.41. The molecule has 3 aromatic carbocycles. The lowest BCUT2D eigenvalue weighted by atomic mass is 9.83. The van der Waals surface area contributed by atoms with Crippen molar-refractivity contribution in [3.05, 3.63) is 82.3 Å². The molecule has 0 aliphatic carbocycles. The normalized spacial score (nSPS) is 23.4. The quantitative estimate of drug-likeness (QED) is 0.398. The number of carbonyl (C=O) groups excluding carboxylic acids is 1. The number of amides is 1. The number of nitrogens with zero attached hydrogens (tertiary/aromatic N) is 1. The lowest BCUT2D eigenvalue weighted by molar-refractivity contribution is -0.119. The van der Waals surface area contributed by atoms with Gasteiger partial charge in [0.15, 0.2) is 11.5 Å². The maximum Gasteiger partial charge on any atom is 0.246 e. The molecule has 5 rings (SSSR count). The van der Waals surface area contributed by atoms with Gasteiger partial charge in [-0.2, -0.15) is 0 Å². The first-order valence-electron chi connectivity index (χ1n) is 11.8. The second-order valence-electron chi connectivity index (χ2n) is 8.61. The highest BCUT2D eigenvalue weighted by Gasteiger charge is 2.56. The monoisotopic (exact) mass is 537 g/mol. The number of ether oxygens (including phenoxy) is 2. The number of phenols is 1. The van der Waals surface area contributed by atoms with E-state index in [2.05, 4.69) is 26.8 Å². The molecule has 2 fully saturated rings. The summed E-state index contributed by atoms with van der Waals surface area (Å²) in [7, 11) is 0. The number of nitrogens with one attached hydrogen (secondary N) is 2. The molecule has 2 aliphatic heterocycles. The Morgan fingerprint density at radius 2 is 1.54 bits per heavy atom. The first-order chi connectivity index (χ1) is 17.0. The molecule has 0 aromatic heterocycles. The predicted molar refractivity (Wildman–Crippen MR) is 138 cm³/mol. The summed E-state index contributed by atoms with van der Waals surface area (Å²) >= 11 is 3.49. The van der Waals surface area contributed by atoms with E-state index in [9.17, 15) is 9.90 Å². The summed E-state index contributed by atoms with van der Waals surface area (Å²) in [5.41, 5.74) is 9.40. The standard InChI is InChI=1S/C27H28BrN3O4/c1-3-34-20-12-5-16(6-13-20)24-23-25(30-29-24)27(33)31(19-10-8-18(28)9-11-19)26(23)17-7-14-21(32)22(15-17)35-4-2/h5-15,23-26,29-30,32H,3-4H2,1-2H3. The number of phenolic OH excluding ortho intramolecular Hbond substituents is 1. The van der Waals surface area contributed by atoms with Crippen LogP contribution in [0.4, 0.5) is 5.69 Å². The first kappa shape index (κ1) is 23.7. The Morgan fingerprint density at radius 3 is 2.23 bits per heavy atom. The minimum Gasteiger partial charge on any atom is -0.504 e. The summed E-state index contributed by atoms with van der Waals surface area (Å²) < 4.78 is 12.2. The van der Waals surface area contributed by atoms with Crippen LogP contribution in [-0.4, -0.2) is 30.3 Å². The van der Waals surface area contributed by atoms with Crippen LogP contribution in [0.5, 0.6) is 17.2 Å². The molecule has 182 valence electrons. The van der Waals surface area contributed by atoms with E-state index in [1.807, 2.05) is 79.4 Å². The fraction of sp³-hybridized carbons (Fsp3) is 0.296. The number of hydrogen-bond donors (Lipinski definition) is 3. The van der Waals surface area contributed by atoms with Crippen molar-refractivity contribution in [3.63, 3.8) is 0 Å². The molecule has 2 aliphatic rings. The van der Waals surface area contributed by atoms with Crippen LogP contribution >= 0.6 is 15.9 Å². The molecule has 4 atom stereocenters. The van der Waals surface area contributed by atoms with Crippen LogP contribution < -0.4 is 25.2 Å². The van der Waals surface area contributed by atoms with Gasteiger partial charge in [-0.25, -0.2) is 10.9 Å². The van der Waals surface area contributed by atoms with Crippen molar-refractivity contribution in [1.29, 1.82) is 0 Å². The van der Waals surface area contributed by atoms with Crippen LogP contribution in [0.3, 0.4) is 0 Å². The summed E-state index contributed by atoms with van der Waals surface area (Å²) in [6.45, 7) is 4.87. The van der Waals surface area contributed by atoms with Gasteiger partial charge >= 0.3 is 0 Å². The first-order valence-corrected chi connectivity index (χ1v) is 12.6. The number of anilines is 1. The number of fused-ring (bicyclic) bond motifs is 1. The number of aromatic hydroxyl groups is 1. The van der Waals surface area contributed by atoms with Gasteiger partial charge in [0.1, 0.15) is 11.8 Å². The molecule has 0 saturated carbocycles. The Hall–Kier alpha value is -3.07. The number of halogens is 1. The average Bonchev–Trinajstić information content (AvgIpc) is 3.41. The van der Waals surface area contributed by atoms with E-state index in [0.717, 1.165) is 27.0 Å². The molecule has 0 spiro atoms. The lowest BCUT2D eigenvalue weighted by Gasteiger charge is -2.31. The Balaban J connectivity index is 1.59. The second kappa shape index (κ2) is 9.89. The zero-order valence-corrected chi connectivity index (χ0v) is 21.2. The van der Waals surface area contributed by atoms with E-state index in [0.29, 0.717) is 19.0 Å². The Morgan fingerprint density at radius 1 is 0.886 bits per heavy atom. The number of carbonyl (C=O) groups is 1. The average molecular weight is 538 g/mol. The van der Waals surface area contributed by atoms with Gasteiger partial charge in [-0.1, -0.05) is 34.1 Å². The van der Waals surface area contributed by atoms with Crippen molar-refractivity contribution < 1.29 is 19.4 Å². The summed E-state index contributed by atoms with van der Waals surface area (Å²) in [5.74, 6) is 1.19. The highest BCUT2D eigenvalue weighted by molar-refractivity contribution is 9.10. The van der Waals surface area contributed by atoms with Crippen molar-refractivity contribution in [3.8, 4) is 17.2 Å². The molecule has 1 amide bonds. The molecule has 0 bridgehead atoms. The molecule has 3 N–H and O–H groups in total. The SMILES string of the molecule is CCOc1ccc(C2NNC3C(=O)N(c4ccc(Br)cc4)C(c4ccc(O)c(OCC)c4)C32)cc1. The third-order valence-corrected chi connectivity index (χ3v) is 7.12. The molecule has 3 aromatic rings. The third kappa shape index (κ3) is 4.37. The molecular weight excluding hydrogens is 510 g/mol. The molecular formula is C27H28BrN3O4. The maximum atomic E-state index is 13.8. The van der Waals surface area contributed by atoms with Gasteiger partial charge in [-0.3, -0.25) is 4.79 Å². The topological polar surface area (TPSA) is 83.1 Å². The van der Waals surface area contributed by atoms with Crippen LogP contribution in [0.2, 0.25) is 0 Å². The highest BCUT2D eigenvalue weighted by Crippen LogP contribution is 2.50. The largest absolute Gasteiger partial charge is 0.504 e. The van der Waals surface area contributed by atoms with Gasteiger partial charge in [0.05, 0.1) is 25.3 Å².